The van der Waals surface area contributed by atoms with E-state index in [1.54, 1.807) is 13.2 Å². The fourth-order valence-electron chi connectivity index (χ4n) is 2.76. The zero-order valence-corrected chi connectivity index (χ0v) is 11.2. The van der Waals surface area contributed by atoms with Gasteiger partial charge >= 0.3 is 0 Å². The zero-order valence-electron chi connectivity index (χ0n) is 11.2. The lowest BCUT2D eigenvalue weighted by Gasteiger charge is -2.29. The summed E-state index contributed by atoms with van der Waals surface area (Å²) in [5.74, 6) is 0.511. The number of methoxy groups -OCH3 is 1. The molecule has 0 amide bonds. The highest BCUT2D eigenvalue weighted by Crippen LogP contribution is 2.24. The quantitative estimate of drug-likeness (QED) is 0.886. The lowest BCUT2D eigenvalue weighted by molar-refractivity contribution is 0.319. The van der Waals surface area contributed by atoms with Gasteiger partial charge in [-0.1, -0.05) is 12.5 Å². The van der Waals surface area contributed by atoms with Crippen molar-refractivity contribution in [2.75, 3.05) is 7.11 Å². The van der Waals surface area contributed by atoms with Gasteiger partial charge in [0.25, 0.3) is 0 Å². The van der Waals surface area contributed by atoms with E-state index in [-0.39, 0.29) is 5.82 Å². The summed E-state index contributed by atoms with van der Waals surface area (Å²) in [7, 11) is 1.60. The third-order valence-electron chi connectivity index (χ3n) is 3.75. The Labute approximate surface area is 109 Å². The molecule has 100 valence electrons. The molecule has 0 saturated carbocycles. The van der Waals surface area contributed by atoms with Crippen LogP contribution in [-0.4, -0.2) is 19.2 Å². The Bertz CT molecular complexity index is 394. The summed E-state index contributed by atoms with van der Waals surface area (Å²) < 4.78 is 19.0. The van der Waals surface area contributed by atoms with E-state index in [9.17, 15) is 4.39 Å². The first-order valence-corrected chi connectivity index (χ1v) is 6.78. The number of rotatable bonds is 4. The van der Waals surface area contributed by atoms with E-state index in [1.807, 2.05) is 6.07 Å². The van der Waals surface area contributed by atoms with Crippen molar-refractivity contribution in [2.45, 2.75) is 51.1 Å². The van der Waals surface area contributed by atoms with Crippen LogP contribution in [0.4, 0.5) is 4.39 Å². The van der Waals surface area contributed by atoms with Gasteiger partial charge in [-0.2, -0.15) is 0 Å². The Morgan fingerprint density at radius 2 is 2.22 bits per heavy atom. The Morgan fingerprint density at radius 1 is 1.39 bits per heavy atom. The van der Waals surface area contributed by atoms with Gasteiger partial charge in [0.2, 0.25) is 0 Å². The summed E-state index contributed by atoms with van der Waals surface area (Å²) in [6.45, 7) is 2.22. The van der Waals surface area contributed by atoms with E-state index >= 15 is 0 Å². The van der Waals surface area contributed by atoms with Gasteiger partial charge in [-0.05, 0) is 44.7 Å². The second-order valence-corrected chi connectivity index (χ2v) is 5.15. The molecule has 1 aromatic rings. The number of hydrogen-bond acceptors (Lipinski definition) is 2. The molecule has 2 atom stereocenters. The van der Waals surface area contributed by atoms with Gasteiger partial charge in [-0.25, -0.2) is 4.39 Å². The monoisotopic (exact) mass is 251 g/mol. The molecule has 1 fully saturated rings. The Balaban J connectivity index is 1.97. The SMILES string of the molecule is COc1cccc(F)c1CCC1CCCC(C)N1. The maximum Gasteiger partial charge on any atom is 0.130 e. The molecule has 0 aliphatic carbocycles. The van der Waals surface area contributed by atoms with E-state index in [1.165, 1.54) is 25.3 Å². The molecule has 0 bridgehead atoms. The van der Waals surface area contributed by atoms with Crippen LogP contribution in [0.15, 0.2) is 18.2 Å². The average molecular weight is 251 g/mol. The Kier molecular flexibility index (Phi) is 4.59. The van der Waals surface area contributed by atoms with Crippen molar-refractivity contribution < 1.29 is 9.13 Å². The van der Waals surface area contributed by atoms with Crippen LogP contribution in [0, 0.1) is 5.82 Å². The summed E-state index contributed by atoms with van der Waals surface area (Å²) in [4.78, 5) is 0. The van der Waals surface area contributed by atoms with Gasteiger partial charge < -0.3 is 10.1 Å². The molecular weight excluding hydrogens is 229 g/mol. The molecule has 0 aromatic heterocycles. The molecule has 0 spiro atoms. The van der Waals surface area contributed by atoms with E-state index in [0.29, 0.717) is 23.4 Å². The van der Waals surface area contributed by atoms with E-state index in [4.69, 9.17) is 4.74 Å². The molecular formula is C15H22FNO. The van der Waals surface area contributed by atoms with Crippen molar-refractivity contribution in [3.63, 3.8) is 0 Å². The highest BCUT2D eigenvalue weighted by molar-refractivity contribution is 5.34. The average Bonchev–Trinajstić information content (AvgIpc) is 2.37. The normalized spacial score (nSPS) is 23.9. The molecule has 1 N–H and O–H groups in total. The predicted octanol–water partition coefficient (Wildman–Crippen LogP) is 3.30. The maximum atomic E-state index is 13.8. The molecule has 18 heavy (non-hydrogen) atoms. The number of piperidine rings is 1. The van der Waals surface area contributed by atoms with Crippen LogP contribution < -0.4 is 10.1 Å². The summed E-state index contributed by atoms with van der Waals surface area (Å²) in [5.41, 5.74) is 0.708. The van der Waals surface area contributed by atoms with Crippen LogP contribution in [-0.2, 0) is 6.42 Å². The minimum absolute atomic E-state index is 0.154. The number of halogens is 1. The van der Waals surface area contributed by atoms with Crippen LogP contribution >= 0.6 is 0 Å². The molecule has 2 nitrogen and oxygen atoms in total. The van der Waals surface area contributed by atoms with Gasteiger partial charge in [0, 0.05) is 17.6 Å². The summed E-state index contributed by atoms with van der Waals surface area (Å²) in [6.07, 6.45) is 5.43. The van der Waals surface area contributed by atoms with Crippen molar-refractivity contribution >= 4 is 0 Å². The fraction of sp³-hybridized carbons (Fsp3) is 0.600. The minimum Gasteiger partial charge on any atom is -0.496 e. The number of ether oxygens (including phenoxy) is 1. The second-order valence-electron chi connectivity index (χ2n) is 5.15. The highest BCUT2D eigenvalue weighted by atomic mass is 19.1. The molecule has 1 saturated heterocycles. The third-order valence-corrected chi connectivity index (χ3v) is 3.75. The van der Waals surface area contributed by atoms with E-state index < -0.39 is 0 Å². The van der Waals surface area contributed by atoms with Crippen LogP contribution in [0.5, 0.6) is 5.75 Å². The van der Waals surface area contributed by atoms with Crippen molar-refractivity contribution in [2.24, 2.45) is 0 Å². The first-order chi connectivity index (χ1) is 8.70. The highest BCUT2D eigenvalue weighted by Gasteiger charge is 2.18. The Morgan fingerprint density at radius 3 is 2.94 bits per heavy atom. The largest absolute Gasteiger partial charge is 0.496 e. The van der Waals surface area contributed by atoms with Crippen LogP contribution in [0.3, 0.4) is 0 Å². The van der Waals surface area contributed by atoms with Crippen molar-refractivity contribution in [1.82, 2.24) is 5.32 Å². The number of benzene rings is 1. The van der Waals surface area contributed by atoms with Gasteiger partial charge in [-0.15, -0.1) is 0 Å². The minimum atomic E-state index is -0.154. The molecule has 1 aliphatic heterocycles. The third kappa shape index (κ3) is 3.22. The lowest BCUT2D eigenvalue weighted by atomic mass is 9.94. The summed E-state index contributed by atoms with van der Waals surface area (Å²) in [6, 6.07) is 6.13. The van der Waals surface area contributed by atoms with E-state index in [2.05, 4.69) is 12.2 Å². The molecule has 0 radical (unpaired) electrons. The first-order valence-electron chi connectivity index (χ1n) is 6.78. The van der Waals surface area contributed by atoms with Crippen LogP contribution in [0.1, 0.15) is 38.2 Å². The predicted molar refractivity (Wildman–Crippen MR) is 71.5 cm³/mol. The standard InChI is InChI=1S/C15H22FNO/c1-11-5-3-6-12(17-11)9-10-13-14(16)7-4-8-15(13)18-2/h4,7-8,11-12,17H,3,5-6,9-10H2,1-2H3. The van der Waals surface area contributed by atoms with Gasteiger partial charge in [0.05, 0.1) is 7.11 Å². The smallest absolute Gasteiger partial charge is 0.130 e. The van der Waals surface area contributed by atoms with Crippen LogP contribution in [0.25, 0.3) is 0 Å². The molecule has 1 aromatic carbocycles. The topological polar surface area (TPSA) is 21.3 Å². The second kappa shape index (κ2) is 6.19. The molecule has 2 rings (SSSR count). The van der Waals surface area contributed by atoms with Gasteiger partial charge in [0.15, 0.2) is 0 Å². The van der Waals surface area contributed by atoms with E-state index in [0.717, 1.165) is 12.8 Å². The summed E-state index contributed by atoms with van der Waals surface area (Å²) in [5, 5.41) is 3.58. The molecule has 3 heteroatoms. The molecule has 2 unspecified atom stereocenters. The molecule has 1 heterocycles. The number of nitrogens with one attached hydrogen (secondary N) is 1. The lowest BCUT2D eigenvalue weighted by Crippen LogP contribution is -2.40. The van der Waals surface area contributed by atoms with Crippen molar-refractivity contribution in [3.8, 4) is 5.75 Å². The van der Waals surface area contributed by atoms with Gasteiger partial charge in [0.1, 0.15) is 11.6 Å². The van der Waals surface area contributed by atoms with Crippen LogP contribution in [0.2, 0.25) is 0 Å². The fourth-order valence-corrected chi connectivity index (χ4v) is 2.76. The van der Waals surface area contributed by atoms with Crippen molar-refractivity contribution in [1.29, 1.82) is 0 Å². The molecule has 1 aliphatic rings. The summed E-state index contributed by atoms with van der Waals surface area (Å²) >= 11 is 0. The Hall–Kier alpha value is -1.09. The zero-order chi connectivity index (χ0) is 13.0. The number of hydrogen-bond donors (Lipinski definition) is 1. The van der Waals surface area contributed by atoms with Crippen molar-refractivity contribution in [3.05, 3.63) is 29.6 Å². The first kappa shape index (κ1) is 13.3. The van der Waals surface area contributed by atoms with Gasteiger partial charge in [-0.3, -0.25) is 0 Å². The maximum absolute atomic E-state index is 13.8.